The Kier molecular flexibility index (Phi) is 6.78. The van der Waals surface area contributed by atoms with Crippen molar-refractivity contribution in [3.8, 4) is 28.6 Å². The summed E-state index contributed by atoms with van der Waals surface area (Å²) >= 11 is 5.27. The largest absolute Gasteiger partial charge is 0.493 e. The summed E-state index contributed by atoms with van der Waals surface area (Å²) in [4.78, 5) is 10.7. The minimum absolute atomic E-state index is 0.00480. The second kappa shape index (κ2) is 9.67. The van der Waals surface area contributed by atoms with E-state index in [4.69, 9.17) is 26.4 Å². The van der Waals surface area contributed by atoms with Gasteiger partial charge in [0.2, 0.25) is 10.5 Å². The molecular weight excluding hydrogens is 422 g/mol. The summed E-state index contributed by atoms with van der Waals surface area (Å²) in [5.41, 5.74) is 1.09. The van der Waals surface area contributed by atoms with Crippen LogP contribution in [0.2, 0.25) is 0 Å². The van der Waals surface area contributed by atoms with E-state index < -0.39 is 4.92 Å². The molecular formula is C20H19N5O5S. The van der Waals surface area contributed by atoms with Gasteiger partial charge in [0, 0.05) is 17.8 Å². The van der Waals surface area contributed by atoms with Gasteiger partial charge < -0.3 is 14.2 Å². The number of nitro groups is 1. The summed E-state index contributed by atoms with van der Waals surface area (Å²) in [6.07, 6.45) is 4.63. The van der Waals surface area contributed by atoms with Crippen LogP contribution in [0.5, 0.6) is 17.2 Å². The fraction of sp³-hybridized carbons (Fsp3) is 0.150. The molecule has 0 aliphatic rings. The lowest BCUT2D eigenvalue weighted by Crippen LogP contribution is -1.98. The highest BCUT2D eigenvalue weighted by molar-refractivity contribution is 7.71. The lowest BCUT2D eigenvalue weighted by Gasteiger charge is -2.13. The highest BCUT2D eigenvalue weighted by Crippen LogP contribution is 2.40. The Morgan fingerprint density at radius 3 is 2.45 bits per heavy atom. The average Bonchev–Trinajstić information content (AvgIpc) is 3.15. The van der Waals surface area contributed by atoms with E-state index in [-0.39, 0.29) is 10.5 Å². The first-order valence-corrected chi connectivity index (χ1v) is 9.33. The summed E-state index contributed by atoms with van der Waals surface area (Å²) in [5.74, 6) is 1.78. The Labute approximate surface area is 182 Å². The zero-order valence-corrected chi connectivity index (χ0v) is 17.8. The molecule has 3 aromatic rings. The number of hydrogen-bond donors (Lipinski definition) is 1. The fourth-order valence-corrected chi connectivity index (χ4v) is 3.02. The topological polar surface area (TPSA) is 117 Å². The number of aromatic amines is 1. The summed E-state index contributed by atoms with van der Waals surface area (Å²) in [7, 11) is 4.55. The lowest BCUT2D eigenvalue weighted by molar-refractivity contribution is -0.385. The molecule has 2 aromatic carbocycles. The van der Waals surface area contributed by atoms with Crippen LogP contribution in [0.25, 0.3) is 17.5 Å². The van der Waals surface area contributed by atoms with E-state index in [9.17, 15) is 10.1 Å². The van der Waals surface area contributed by atoms with E-state index in [2.05, 4.69) is 15.3 Å². The van der Waals surface area contributed by atoms with Crippen LogP contribution in [0, 0.1) is 14.9 Å². The van der Waals surface area contributed by atoms with Gasteiger partial charge in [0.25, 0.3) is 5.69 Å². The Morgan fingerprint density at radius 2 is 1.84 bits per heavy atom. The van der Waals surface area contributed by atoms with Crippen molar-refractivity contribution in [3.63, 3.8) is 0 Å². The Hall–Kier alpha value is -3.99. The minimum Gasteiger partial charge on any atom is -0.493 e. The zero-order valence-electron chi connectivity index (χ0n) is 16.9. The summed E-state index contributed by atoms with van der Waals surface area (Å²) in [6, 6.07) is 9.86. The van der Waals surface area contributed by atoms with Gasteiger partial charge in [0.05, 0.1) is 31.8 Å². The molecule has 0 aliphatic heterocycles. The number of allylic oxidation sites excluding steroid dienone is 1. The fourth-order valence-electron chi connectivity index (χ4n) is 2.84. The van der Waals surface area contributed by atoms with Crippen molar-refractivity contribution in [2.24, 2.45) is 5.10 Å². The van der Waals surface area contributed by atoms with E-state index >= 15 is 0 Å². The van der Waals surface area contributed by atoms with Crippen molar-refractivity contribution in [2.45, 2.75) is 0 Å². The predicted octanol–water partition coefficient (Wildman–Crippen LogP) is 4.09. The van der Waals surface area contributed by atoms with Crippen LogP contribution in [-0.2, 0) is 0 Å². The highest BCUT2D eigenvalue weighted by atomic mass is 32.1. The van der Waals surface area contributed by atoms with Crippen molar-refractivity contribution in [3.05, 3.63) is 62.9 Å². The van der Waals surface area contributed by atoms with E-state index in [1.807, 2.05) is 0 Å². The maximum atomic E-state index is 11.1. The third-order valence-electron chi connectivity index (χ3n) is 4.25. The van der Waals surface area contributed by atoms with Gasteiger partial charge >= 0.3 is 0 Å². The molecule has 1 aromatic heterocycles. The van der Waals surface area contributed by atoms with Crippen LogP contribution >= 0.6 is 12.2 Å². The van der Waals surface area contributed by atoms with Crippen molar-refractivity contribution in [1.82, 2.24) is 14.9 Å². The number of benzene rings is 2. The van der Waals surface area contributed by atoms with Crippen LogP contribution in [0.15, 0.2) is 47.6 Å². The van der Waals surface area contributed by atoms with Crippen molar-refractivity contribution in [1.29, 1.82) is 0 Å². The molecule has 0 saturated heterocycles. The molecule has 10 nitrogen and oxygen atoms in total. The number of ether oxygens (including phenoxy) is 3. The maximum Gasteiger partial charge on any atom is 0.276 e. The smallest absolute Gasteiger partial charge is 0.276 e. The monoisotopic (exact) mass is 441 g/mol. The molecule has 0 aliphatic carbocycles. The van der Waals surface area contributed by atoms with Crippen LogP contribution in [-0.4, -0.2) is 47.3 Å². The normalized spacial score (nSPS) is 11.2. The second-order valence-corrected chi connectivity index (χ2v) is 6.40. The predicted molar refractivity (Wildman–Crippen MR) is 119 cm³/mol. The molecule has 1 N–H and O–H groups in total. The molecule has 0 unspecified atom stereocenters. The number of rotatable bonds is 8. The number of nitrogens with zero attached hydrogens (tertiary/aromatic N) is 4. The first-order chi connectivity index (χ1) is 15.0. The van der Waals surface area contributed by atoms with Crippen LogP contribution in [0.1, 0.15) is 5.56 Å². The van der Waals surface area contributed by atoms with Gasteiger partial charge in [-0.2, -0.15) is 14.9 Å². The molecule has 31 heavy (non-hydrogen) atoms. The molecule has 160 valence electrons. The molecule has 0 atom stereocenters. The maximum absolute atomic E-state index is 11.1. The summed E-state index contributed by atoms with van der Waals surface area (Å²) < 4.78 is 17.8. The van der Waals surface area contributed by atoms with Crippen molar-refractivity contribution >= 4 is 30.2 Å². The first kappa shape index (κ1) is 21.7. The van der Waals surface area contributed by atoms with Gasteiger partial charge in [-0.05, 0) is 42.6 Å². The summed E-state index contributed by atoms with van der Waals surface area (Å²) in [6.45, 7) is 0. The second-order valence-electron chi connectivity index (χ2n) is 6.02. The number of aromatic nitrogens is 3. The number of nitrogens with one attached hydrogen (secondary N) is 1. The Morgan fingerprint density at radius 1 is 1.16 bits per heavy atom. The zero-order chi connectivity index (χ0) is 22.4. The molecule has 3 rings (SSSR count). The van der Waals surface area contributed by atoms with Gasteiger partial charge in [-0.1, -0.05) is 12.1 Å². The first-order valence-electron chi connectivity index (χ1n) is 8.92. The quantitative estimate of drug-likeness (QED) is 0.242. The Balaban J connectivity index is 1.96. The van der Waals surface area contributed by atoms with E-state index in [0.29, 0.717) is 34.2 Å². The van der Waals surface area contributed by atoms with E-state index in [1.165, 1.54) is 38.3 Å². The van der Waals surface area contributed by atoms with Gasteiger partial charge in [-0.15, -0.1) is 0 Å². The molecule has 1 heterocycles. The molecule has 0 amide bonds. The molecule has 0 bridgehead atoms. The highest BCUT2D eigenvalue weighted by Gasteiger charge is 2.17. The van der Waals surface area contributed by atoms with Crippen LogP contribution < -0.4 is 14.2 Å². The van der Waals surface area contributed by atoms with Gasteiger partial charge in [0.1, 0.15) is 0 Å². The SMILES string of the molecule is COc1cc(-c2n[nH]c(=S)n2/N=C\C=C\c2ccccc2[N+](=O)[O-])cc(OC)c1OC. The van der Waals surface area contributed by atoms with Gasteiger partial charge in [-0.25, -0.2) is 5.10 Å². The van der Waals surface area contributed by atoms with Crippen LogP contribution in [0.4, 0.5) is 5.69 Å². The lowest BCUT2D eigenvalue weighted by atomic mass is 10.1. The Bertz CT molecular complexity index is 1190. The molecule has 0 fully saturated rings. The minimum atomic E-state index is -0.439. The average molecular weight is 441 g/mol. The van der Waals surface area contributed by atoms with Gasteiger partial charge in [0.15, 0.2) is 17.3 Å². The van der Waals surface area contributed by atoms with E-state index in [1.54, 1.807) is 42.5 Å². The van der Waals surface area contributed by atoms with Crippen molar-refractivity contribution in [2.75, 3.05) is 21.3 Å². The number of nitro benzene ring substituents is 1. The number of hydrogen-bond acceptors (Lipinski definition) is 8. The number of methoxy groups -OCH3 is 3. The third-order valence-corrected chi connectivity index (χ3v) is 4.52. The molecule has 0 saturated carbocycles. The molecule has 0 spiro atoms. The number of para-hydroxylation sites is 1. The third kappa shape index (κ3) is 4.61. The number of H-pyrrole nitrogens is 1. The van der Waals surface area contributed by atoms with Crippen molar-refractivity contribution < 1.29 is 19.1 Å². The van der Waals surface area contributed by atoms with Crippen LogP contribution in [0.3, 0.4) is 0 Å². The molecule has 0 radical (unpaired) electrons. The molecule has 11 heteroatoms. The summed E-state index contributed by atoms with van der Waals surface area (Å²) in [5, 5.41) is 22.4. The standard InChI is InChI=1S/C20H19N5O5S/c1-28-16-11-14(12-17(29-2)18(16)30-3)19-22-23-20(31)24(19)21-10-6-8-13-7-4-5-9-15(13)25(26)27/h4-12H,1-3H3,(H,23,31)/b8-6+,21-10-. The van der Waals surface area contributed by atoms with Gasteiger partial charge in [-0.3, -0.25) is 10.1 Å². The van der Waals surface area contributed by atoms with E-state index in [0.717, 1.165) is 0 Å².